The van der Waals surface area contributed by atoms with Gasteiger partial charge in [-0.25, -0.2) is 8.78 Å². The van der Waals surface area contributed by atoms with Crippen LogP contribution in [0.15, 0.2) is 42.5 Å². The molecular weight excluding hydrogens is 364 g/mol. The summed E-state index contributed by atoms with van der Waals surface area (Å²) in [7, 11) is 0. The normalized spacial score (nSPS) is 14.8. The van der Waals surface area contributed by atoms with Crippen LogP contribution < -0.4 is 10.2 Å². The monoisotopic (exact) mass is 388 g/mol. The second-order valence-corrected chi connectivity index (χ2v) is 6.90. The third kappa shape index (κ3) is 4.72. The summed E-state index contributed by atoms with van der Waals surface area (Å²) < 4.78 is 26.9. The van der Waals surface area contributed by atoms with Crippen molar-refractivity contribution in [1.82, 2.24) is 4.90 Å². The molecule has 0 aliphatic carbocycles. The standard InChI is InChI=1S/C21H23F2N3O2/c1-2-15-5-3-4-6-19(15)24-20(27)14-25-9-11-26(12-10-25)21(28)17-8-7-16(22)13-18(17)23/h3-8,13H,2,9-12,14H2,1H3,(H,24,27)/p+1. The Bertz CT molecular complexity index is 864. The number of carbonyl (C=O) groups is 2. The summed E-state index contributed by atoms with van der Waals surface area (Å²) in [5.74, 6) is -2.08. The lowest BCUT2D eigenvalue weighted by atomic mass is 10.1. The van der Waals surface area contributed by atoms with Gasteiger partial charge in [0.25, 0.3) is 11.8 Å². The van der Waals surface area contributed by atoms with E-state index in [0.717, 1.165) is 28.6 Å². The van der Waals surface area contributed by atoms with Gasteiger partial charge in [-0.05, 0) is 30.2 Å². The zero-order valence-corrected chi connectivity index (χ0v) is 15.8. The highest BCUT2D eigenvalue weighted by atomic mass is 19.1. The van der Waals surface area contributed by atoms with Crippen molar-refractivity contribution in [2.45, 2.75) is 13.3 Å². The zero-order valence-electron chi connectivity index (χ0n) is 15.8. The molecule has 0 unspecified atom stereocenters. The Hall–Kier alpha value is -2.80. The van der Waals surface area contributed by atoms with Crippen LogP contribution in [0.25, 0.3) is 0 Å². The van der Waals surface area contributed by atoms with Crippen molar-refractivity contribution in [3.8, 4) is 0 Å². The minimum atomic E-state index is -0.853. The maximum absolute atomic E-state index is 13.8. The fraction of sp³-hybridized carbons (Fsp3) is 0.333. The van der Waals surface area contributed by atoms with Crippen LogP contribution in [-0.4, -0.2) is 49.4 Å². The first-order valence-corrected chi connectivity index (χ1v) is 9.43. The van der Waals surface area contributed by atoms with E-state index < -0.39 is 17.5 Å². The minimum Gasteiger partial charge on any atom is -0.327 e. The highest BCUT2D eigenvalue weighted by Crippen LogP contribution is 2.15. The maximum Gasteiger partial charge on any atom is 0.279 e. The third-order valence-electron chi connectivity index (χ3n) is 5.00. The third-order valence-corrected chi connectivity index (χ3v) is 5.00. The van der Waals surface area contributed by atoms with Crippen molar-refractivity contribution in [2.75, 3.05) is 38.0 Å². The first-order valence-electron chi connectivity index (χ1n) is 9.43. The van der Waals surface area contributed by atoms with Gasteiger partial charge in [0, 0.05) is 11.8 Å². The van der Waals surface area contributed by atoms with Gasteiger partial charge in [-0.2, -0.15) is 0 Å². The number of carbonyl (C=O) groups excluding carboxylic acids is 2. The van der Waals surface area contributed by atoms with Gasteiger partial charge in [0.05, 0.1) is 31.7 Å². The number of benzene rings is 2. The molecule has 1 aliphatic rings. The SMILES string of the molecule is CCc1ccccc1NC(=O)C[NH+]1CCN(C(=O)c2ccc(F)cc2F)CC1. The molecule has 3 rings (SSSR count). The van der Waals surface area contributed by atoms with Crippen LogP contribution in [0, 0.1) is 11.6 Å². The molecule has 2 amide bonds. The summed E-state index contributed by atoms with van der Waals surface area (Å²) in [6.45, 7) is 4.38. The fourth-order valence-electron chi connectivity index (χ4n) is 3.41. The Morgan fingerprint density at radius 1 is 1.11 bits per heavy atom. The lowest BCUT2D eigenvalue weighted by molar-refractivity contribution is -0.895. The molecule has 28 heavy (non-hydrogen) atoms. The van der Waals surface area contributed by atoms with E-state index in [1.807, 2.05) is 31.2 Å². The van der Waals surface area contributed by atoms with Crippen molar-refractivity contribution < 1.29 is 23.3 Å². The molecule has 1 fully saturated rings. The van der Waals surface area contributed by atoms with Crippen molar-refractivity contribution in [2.24, 2.45) is 0 Å². The summed E-state index contributed by atoms with van der Waals surface area (Å²) in [6.07, 6.45) is 0.837. The summed E-state index contributed by atoms with van der Waals surface area (Å²) in [5, 5.41) is 2.96. The average Bonchev–Trinajstić information content (AvgIpc) is 2.68. The molecule has 2 N–H and O–H groups in total. The smallest absolute Gasteiger partial charge is 0.279 e. The molecule has 2 aromatic carbocycles. The van der Waals surface area contributed by atoms with E-state index in [2.05, 4.69) is 5.32 Å². The van der Waals surface area contributed by atoms with E-state index in [1.54, 1.807) is 4.90 Å². The van der Waals surface area contributed by atoms with E-state index in [1.165, 1.54) is 6.07 Å². The van der Waals surface area contributed by atoms with Gasteiger partial charge in [0.1, 0.15) is 11.6 Å². The van der Waals surface area contributed by atoms with Gasteiger partial charge >= 0.3 is 0 Å². The number of rotatable bonds is 5. The predicted octanol–water partition coefficient (Wildman–Crippen LogP) is 1.51. The van der Waals surface area contributed by atoms with Gasteiger partial charge in [0.2, 0.25) is 0 Å². The molecule has 1 saturated heterocycles. The number of hydrogen-bond donors (Lipinski definition) is 2. The Kier molecular flexibility index (Phi) is 6.36. The summed E-state index contributed by atoms with van der Waals surface area (Å²) in [5.41, 5.74) is 1.79. The van der Waals surface area contributed by atoms with Crippen LogP contribution in [0.4, 0.5) is 14.5 Å². The topological polar surface area (TPSA) is 53.9 Å². The number of amides is 2. The Balaban J connectivity index is 1.52. The quantitative estimate of drug-likeness (QED) is 0.816. The molecule has 1 heterocycles. The van der Waals surface area contributed by atoms with Gasteiger partial charge in [0.15, 0.2) is 6.54 Å². The van der Waals surface area contributed by atoms with Crippen LogP contribution in [0.2, 0.25) is 0 Å². The zero-order chi connectivity index (χ0) is 20.1. The first kappa shape index (κ1) is 19.9. The van der Waals surface area contributed by atoms with Crippen LogP contribution in [0.5, 0.6) is 0 Å². The molecule has 148 valence electrons. The van der Waals surface area contributed by atoms with Gasteiger partial charge in [-0.3, -0.25) is 9.59 Å². The van der Waals surface area contributed by atoms with E-state index in [4.69, 9.17) is 0 Å². The number of hydrogen-bond acceptors (Lipinski definition) is 2. The molecule has 0 spiro atoms. The minimum absolute atomic E-state index is 0.0692. The number of halogens is 2. The summed E-state index contributed by atoms with van der Waals surface area (Å²) in [6, 6.07) is 10.7. The number of anilines is 1. The number of aryl methyl sites for hydroxylation is 1. The summed E-state index contributed by atoms with van der Waals surface area (Å²) in [4.78, 5) is 27.4. The number of nitrogens with one attached hydrogen (secondary N) is 2. The van der Waals surface area contributed by atoms with E-state index >= 15 is 0 Å². The molecule has 0 radical (unpaired) electrons. The second kappa shape index (κ2) is 8.93. The van der Waals surface area contributed by atoms with Crippen molar-refractivity contribution in [3.63, 3.8) is 0 Å². The Labute approximate surface area is 162 Å². The fourth-order valence-corrected chi connectivity index (χ4v) is 3.41. The molecule has 0 aromatic heterocycles. The van der Waals surface area contributed by atoms with Crippen molar-refractivity contribution >= 4 is 17.5 Å². The van der Waals surface area contributed by atoms with Crippen molar-refractivity contribution in [1.29, 1.82) is 0 Å². The Morgan fingerprint density at radius 3 is 2.50 bits per heavy atom. The lowest BCUT2D eigenvalue weighted by Gasteiger charge is -2.32. The van der Waals surface area contributed by atoms with Gasteiger partial charge in [-0.1, -0.05) is 25.1 Å². The number of piperazine rings is 1. The van der Waals surface area contributed by atoms with Crippen LogP contribution in [0.1, 0.15) is 22.8 Å². The number of nitrogens with zero attached hydrogens (tertiary/aromatic N) is 1. The molecule has 0 bridgehead atoms. The highest BCUT2D eigenvalue weighted by Gasteiger charge is 2.27. The van der Waals surface area contributed by atoms with Gasteiger partial charge in [-0.15, -0.1) is 0 Å². The summed E-state index contributed by atoms with van der Waals surface area (Å²) >= 11 is 0. The molecule has 0 saturated carbocycles. The van der Waals surface area contributed by atoms with Crippen LogP contribution >= 0.6 is 0 Å². The van der Waals surface area contributed by atoms with E-state index in [-0.39, 0.29) is 11.5 Å². The first-order chi connectivity index (χ1) is 13.5. The van der Waals surface area contributed by atoms with Crippen molar-refractivity contribution in [3.05, 3.63) is 65.2 Å². The molecule has 5 nitrogen and oxygen atoms in total. The number of para-hydroxylation sites is 1. The maximum atomic E-state index is 13.8. The van der Waals surface area contributed by atoms with E-state index in [9.17, 15) is 18.4 Å². The average molecular weight is 388 g/mol. The molecule has 0 atom stereocenters. The predicted molar refractivity (Wildman–Crippen MR) is 102 cm³/mol. The van der Waals surface area contributed by atoms with Crippen LogP contribution in [-0.2, 0) is 11.2 Å². The largest absolute Gasteiger partial charge is 0.327 e. The lowest BCUT2D eigenvalue weighted by Crippen LogP contribution is -3.15. The highest BCUT2D eigenvalue weighted by molar-refractivity contribution is 5.94. The van der Waals surface area contributed by atoms with Gasteiger partial charge < -0.3 is 15.1 Å². The van der Waals surface area contributed by atoms with Crippen LogP contribution in [0.3, 0.4) is 0 Å². The number of quaternary nitrogens is 1. The second-order valence-electron chi connectivity index (χ2n) is 6.90. The molecule has 2 aromatic rings. The van der Waals surface area contributed by atoms with E-state index in [0.29, 0.717) is 38.8 Å². The molecule has 7 heteroatoms. The molecular formula is C21H24F2N3O2+. The molecule has 1 aliphatic heterocycles. The Morgan fingerprint density at radius 2 is 1.82 bits per heavy atom.